The van der Waals surface area contributed by atoms with E-state index in [0.717, 1.165) is 29.0 Å². The molecule has 0 spiro atoms. The lowest BCUT2D eigenvalue weighted by atomic mass is 10.1. The molecule has 29 heavy (non-hydrogen) atoms. The fraction of sp³-hybridized carbons (Fsp3) is 0.348. The zero-order valence-electron chi connectivity index (χ0n) is 17.0. The number of aryl methyl sites for hydroxylation is 1. The van der Waals surface area contributed by atoms with Gasteiger partial charge in [0, 0.05) is 24.2 Å². The normalized spacial score (nSPS) is 16.6. The summed E-state index contributed by atoms with van der Waals surface area (Å²) in [5.41, 5.74) is 2.99. The van der Waals surface area contributed by atoms with Crippen LogP contribution in [0, 0.1) is 0 Å². The van der Waals surface area contributed by atoms with Gasteiger partial charge in [0.15, 0.2) is 0 Å². The monoisotopic (exact) mass is 391 g/mol. The number of hydrogen-bond acceptors (Lipinski definition) is 5. The first kappa shape index (κ1) is 19.2. The Bertz CT molecular complexity index is 995. The van der Waals surface area contributed by atoms with E-state index in [1.54, 1.807) is 0 Å². The van der Waals surface area contributed by atoms with Gasteiger partial charge < -0.3 is 14.2 Å². The molecule has 1 aliphatic rings. The summed E-state index contributed by atoms with van der Waals surface area (Å²) in [6.45, 7) is 6.63. The molecule has 6 nitrogen and oxygen atoms in total. The summed E-state index contributed by atoms with van der Waals surface area (Å²) in [5, 5.41) is 4.12. The molecular weight excluding hydrogens is 366 g/mol. The summed E-state index contributed by atoms with van der Waals surface area (Å²) in [6, 6.07) is 15.6. The molecule has 1 atom stereocenters. The maximum atomic E-state index is 12.7. The summed E-state index contributed by atoms with van der Waals surface area (Å²) in [6.07, 6.45) is 1.38. The first-order chi connectivity index (χ1) is 14.0. The molecule has 4 rings (SSSR count). The van der Waals surface area contributed by atoms with Crippen molar-refractivity contribution in [1.29, 1.82) is 0 Å². The Morgan fingerprint density at radius 1 is 1.17 bits per heavy atom. The van der Waals surface area contributed by atoms with E-state index in [1.165, 1.54) is 0 Å². The molecule has 0 saturated carbocycles. The van der Waals surface area contributed by atoms with Crippen LogP contribution < -0.4 is 9.64 Å². The number of para-hydroxylation sites is 1. The molecule has 6 heteroatoms. The average Bonchev–Trinajstić information content (AvgIpc) is 3.35. The van der Waals surface area contributed by atoms with Gasteiger partial charge in [0.05, 0.1) is 12.0 Å². The predicted octanol–water partition coefficient (Wildman–Crippen LogP) is 4.61. The quantitative estimate of drug-likeness (QED) is 0.614. The van der Waals surface area contributed by atoms with Crippen LogP contribution in [-0.4, -0.2) is 28.7 Å². The van der Waals surface area contributed by atoms with Crippen LogP contribution >= 0.6 is 0 Å². The first-order valence-corrected chi connectivity index (χ1v) is 10.0. The number of amides is 1. The van der Waals surface area contributed by atoms with Crippen molar-refractivity contribution in [2.45, 2.75) is 45.6 Å². The smallest absolute Gasteiger partial charge is 0.232 e. The van der Waals surface area contributed by atoms with Gasteiger partial charge in [-0.3, -0.25) is 4.79 Å². The second-order valence-corrected chi connectivity index (χ2v) is 7.53. The fourth-order valence-corrected chi connectivity index (χ4v) is 3.65. The highest BCUT2D eigenvalue weighted by Crippen LogP contribution is 2.33. The van der Waals surface area contributed by atoms with Crippen LogP contribution in [0.15, 0.2) is 53.1 Å². The highest BCUT2D eigenvalue weighted by atomic mass is 16.5. The van der Waals surface area contributed by atoms with E-state index < -0.39 is 0 Å². The minimum Gasteiger partial charge on any atom is -0.491 e. The fourth-order valence-electron chi connectivity index (χ4n) is 3.65. The molecular formula is C23H25N3O3. The summed E-state index contributed by atoms with van der Waals surface area (Å²) < 4.78 is 11.2. The van der Waals surface area contributed by atoms with Crippen molar-refractivity contribution in [3.63, 3.8) is 0 Å². The van der Waals surface area contributed by atoms with E-state index in [4.69, 9.17) is 9.26 Å². The lowest BCUT2D eigenvalue weighted by molar-refractivity contribution is -0.117. The molecule has 3 aromatic rings. The highest BCUT2D eigenvalue weighted by Gasteiger charge is 2.35. The Kier molecular flexibility index (Phi) is 5.34. The predicted molar refractivity (Wildman–Crippen MR) is 111 cm³/mol. The number of rotatable bonds is 6. The molecule has 1 aliphatic heterocycles. The molecule has 1 fully saturated rings. The number of nitrogens with zero attached hydrogens (tertiary/aromatic N) is 3. The van der Waals surface area contributed by atoms with Crippen molar-refractivity contribution in [3.05, 3.63) is 60.0 Å². The molecule has 1 aromatic heterocycles. The van der Waals surface area contributed by atoms with Crippen molar-refractivity contribution < 1.29 is 14.1 Å². The van der Waals surface area contributed by atoms with Gasteiger partial charge in [0.2, 0.25) is 17.6 Å². The van der Waals surface area contributed by atoms with Gasteiger partial charge in [0.1, 0.15) is 5.75 Å². The van der Waals surface area contributed by atoms with Crippen molar-refractivity contribution in [3.8, 4) is 17.1 Å². The number of hydrogen-bond donors (Lipinski definition) is 0. The summed E-state index contributed by atoms with van der Waals surface area (Å²) in [4.78, 5) is 19.1. The molecule has 2 heterocycles. The van der Waals surface area contributed by atoms with Crippen molar-refractivity contribution in [1.82, 2.24) is 10.1 Å². The third kappa shape index (κ3) is 4.01. The molecule has 1 saturated heterocycles. The minimum absolute atomic E-state index is 0.0887. The average molecular weight is 391 g/mol. The van der Waals surface area contributed by atoms with Crippen molar-refractivity contribution in [2.75, 3.05) is 11.4 Å². The SMILES string of the molecule is CCc1ccccc1N1CC(c2nc(-c3ccc(OC(C)C)cc3)no2)CC1=O. The summed E-state index contributed by atoms with van der Waals surface area (Å²) >= 11 is 0. The van der Waals surface area contributed by atoms with Gasteiger partial charge in [-0.15, -0.1) is 0 Å². The Hall–Kier alpha value is -3.15. The standard InChI is InChI=1S/C23H25N3O3/c1-4-16-7-5-6-8-20(16)26-14-18(13-21(26)27)23-24-22(25-29-23)17-9-11-19(12-10-17)28-15(2)3/h5-12,15,18H,4,13-14H2,1-3H3. The summed E-state index contributed by atoms with van der Waals surface area (Å²) in [5.74, 6) is 1.82. The molecule has 1 amide bonds. The molecule has 0 aliphatic carbocycles. The van der Waals surface area contributed by atoms with Crippen LogP contribution in [0.5, 0.6) is 5.75 Å². The second kappa shape index (κ2) is 8.07. The lowest BCUT2D eigenvalue weighted by Gasteiger charge is -2.19. The van der Waals surface area contributed by atoms with E-state index in [-0.39, 0.29) is 17.9 Å². The first-order valence-electron chi connectivity index (χ1n) is 10.0. The Balaban J connectivity index is 1.51. The topological polar surface area (TPSA) is 68.5 Å². The molecule has 0 N–H and O–H groups in total. The zero-order chi connectivity index (χ0) is 20.4. The number of carbonyl (C=O) groups is 1. The van der Waals surface area contributed by atoms with Crippen LogP contribution in [0.2, 0.25) is 0 Å². The third-order valence-electron chi connectivity index (χ3n) is 5.06. The lowest BCUT2D eigenvalue weighted by Crippen LogP contribution is -2.25. The largest absolute Gasteiger partial charge is 0.491 e. The van der Waals surface area contributed by atoms with Gasteiger partial charge in [-0.25, -0.2) is 0 Å². The van der Waals surface area contributed by atoms with E-state index >= 15 is 0 Å². The van der Waals surface area contributed by atoms with Crippen molar-refractivity contribution >= 4 is 11.6 Å². The maximum absolute atomic E-state index is 12.7. The number of aromatic nitrogens is 2. The van der Waals surface area contributed by atoms with Gasteiger partial charge >= 0.3 is 0 Å². The molecule has 1 unspecified atom stereocenters. The third-order valence-corrected chi connectivity index (χ3v) is 5.06. The van der Waals surface area contributed by atoms with Crippen LogP contribution in [0.1, 0.15) is 44.6 Å². The van der Waals surface area contributed by atoms with Crippen LogP contribution in [0.4, 0.5) is 5.69 Å². The van der Waals surface area contributed by atoms with Crippen LogP contribution in [0.3, 0.4) is 0 Å². The Morgan fingerprint density at radius 2 is 1.93 bits per heavy atom. The van der Waals surface area contributed by atoms with Gasteiger partial charge in [0.25, 0.3) is 0 Å². The van der Waals surface area contributed by atoms with Gasteiger partial charge in [-0.05, 0) is 56.2 Å². The molecule has 150 valence electrons. The van der Waals surface area contributed by atoms with E-state index in [2.05, 4.69) is 23.1 Å². The minimum atomic E-state index is -0.0998. The number of ether oxygens (including phenoxy) is 1. The van der Waals surface area contributed by atoms with E-state index in [9.17, 15) is 4.79 Å². The number of anilines is 1. The Labute approximate surface area is 170 Å². The summed E-state index contributed by atoms with van der Waals surface area (Å²) in [7, 11) is 0. The molecule has 0 bridgehead atoms. The van der Waals surface area contributed by atoms with E-state index in [0.29, 0.717) is 24.7 Å². The number of carbonyl (C=O) groups excluding carboxylic acids is 1. The van der Waals surface area contributed by atoms with Gasteiger partial charge in [-0.2, -0.15) is 4.98 Å². The van der Waals surface area contributed by atoms with E-state index in [1.807, 2.05) is 61.2 Å². The second-order valence-electron chi connectivity index (χ2n) is 7.53. The number of benzene rings is 2. The highest BCUT2D eigenvalue weighted by molar-refractivity contribution is 5.97. The molecule has 2 aromatic carbocycles. The van der Waals surface area contributed by atoms with Gasteiger partial charge in [-0.1, -0.05) is 30.3 Å². The zero-order valence-corrected chi connectivity index (χ0v) is 17.0. The maximum Gasteiger partial charge on any atom is 0.232 e. The Morgan fingerprint density at radius 3 is 2.66 bits per heavy atom. The van der Waals surface area contributed by atoms with Crippen LogP contribution in [0.25, 0.3) is 11.4 Å². The molecule has 0 radical (unpaired) electrons. The van der Waals surface area contributed by atoms with Crippen molar-refractivity contribution in [2.24, 2.45) is 0 Å². The van der Waals surface area contributed by atoms with Crippen LogP contribution in [-0.2, 0) is 11.2 Å².